The van der Waals surface area contributed by atoms with Gasteiger partial charge in [0.15, 0.2) is 0 Å². The molecule has 0 unspecified atom stereocenters. The molecule has 28 heavy (non-hydrogen) atoms. The summed E-state index contributed by atoms with van der Waals surface area (Å²) in [5, 5.41) is 13.2. The van der Waals surface area contributed by atoms with E-state index in [0.29, 0.717) is 32.4 Å². The average molecular weight is 388 g/mol. The fourth-order valence-electron chi connectivity index (χ4n) is 4.03. The molecule has 3 rings (SSSR count). The SMILES string of the molecule is CC(C)C(=O)N[C@H]1CCN(C(=O)CCCN2Cc3ccccc3C2)CC[C@@H]1O. The number of aliphatic hydroxyl groups excluding tert-OH is 1. The summed E-state index contributed by atoms with van der Waals surface area (Å²) in [4.78, 5) is 28.8. The number of aliphatic hydroxyl groups is 1. The second-order valence-corrected chi connectivity index (χ2v) is 8.38. The van der Waals surface area contributed by atoms with Crippen LogP contribution in [0.5, 0.6) is 0 Å². The molecule has 1 aromatic rings. The molecule has 6 heteroatoms. The Kier molecular flexibility index (Phi) is 7.08. The van der Waals surface area contributed by atoms with Crippen LogP contribution in [-0.2, 0) is 22.7 Å². The molecule has 1 saturated heterocycles. The fourth-order valence-corrected chi connectivity index (χ4v) is 4.03. The van der Waals surface area contributed by atoms with E-state index in [2.05, 4.69) is 34.5 Å². The molecule has 0 saturated carbocycles. The number of hydrogen-bond donors (Lipinski definition) is 2. The van der Waals surface area contributed by atoms with E-state index >= 15 is 0 Å². The van der Waals surface area contributed by atoms with Gasteiger partial charge in [0.1, 0.15) is 0 Å². The third-order valence-electron chi connectivity index (χ3n) is 5.85. The van der Waals surface area contributed by atoms with Crippen molar-refractivity contribution in [1.29, 1.82) is 0 Å². The number of benzene rings is 1. The van der Waals surface area contributed by atoms with Crippen molar-refractivity contribution in [2.75, 3.05) is 19.6 Å². The first-order chi connectivity index (χ1) is 13.4. The summed E-state index contributed by atoms with van der Waals surface area (Å²) in [6.45, 7) is 7.69. The Balaban J connectivity index is 1.41. The molecule has 0 bridgehead atoms. The number of fused-ring (bicyclic) bond motifs is 1. The van der Waals surface area contributed by atoms with Crippen molar-refractivity contribution in [3.63, 3.8) is 0 Å². The molecule has 2 aliphatic heterocycles. The number of carbonyl (C=O) groups is 2. The summed E-state index contributed by atoms with van der Waals surface area (Å²) in [6, 6.07) is 8.25. The number of rotatable bonds is 6. The lowest BCUT2D eigenvalue weighted by atomic mass is 10.1. The predicted molar refractivity (Wildman–Crippen MR) is 108 cm³/mol. The molecule has 2 heterocycles. The third-order valence-corrected chi connectivity index (χ3v) is 5.85. The second-order valence-electron chi connectivity index (χ2n) is 8.38. The van der Waals surface area contributed by atoms with Gasteiger partial charge in [0.2, 0.25) is 11.8 Å². The molecule has 1 aromatic carbocycles. The van der Waals surface area contributed by atoms with E-state index in [0.717, 1.165) is 26.1 Å². The van der Waals surface area contributed by atoms with E-state index in [1.165, 1.54) is 11.1 Å². The number of likely N-dealkylation sites (tertiary alicyclic amines) is 1. The van der Waals surface area contributed by atoms with Crippen molar-refractivity contribution in [2.24, 2.45) is 5.92 Å². The van der Waals surface area contributed by atoms with Crippen molar-refractivity contribution < 1.29 is 14.7 Å². The topological polar surface area (TPSA) is 72.9 Å². The zero-order valence-corrected chi connectivity index (χ0v) is 17.1. The van der Waals surface area contributed by atoms with Gasteiger partial charge in [-0.2, -0.15) is 0 Å². The number of carbonyl (C=O) groups excluding carboxylic acids is 2. The van der Waals surface area contributed by atoms with Crippen LogP contribution in [0.2, 0.25) is 0 Å². The quantitative estimate of drug-likeness (QED) is 0.782. The van der Waals surface area contributed by atoms with E-state index in [-0.39, 0.29) is 23.8 Å². The van der Waals surface area contributed by atoms with Crippen LogP contribution in [0.15, 0.2) is 24.3 Å². The molecule has 0 spiro atoms. The first-order valence-corrected chi connectivity index (χ1v) is 10.5. The highest BCUT2D eigenvalue weighted by Crippen LogP contribution is 2.22. The van der Waals surface area contributed by atoms with Gasteiger partial charge >= 0.3 is 0 Å². The van der Waals surface area contributed by atoms with Crippen molar-refractivity contribution >= 4 is 11.8 Å². The largest absolute Gasteiger partial charge is 0.391 e. The summed E-state index contributed by atoms with van der Waals surface area (Å²) in [7, 11) is 0. The van der Waals surface area contributed by atoms with Gasteiger partial charge in [0.05, 0.1) is 12.1 Å². The van der Waals surface area contributed by atoms with Crippen LogP contribution >= 0.6 is 0 Å². The van der Waals surface area contributed by atoms with Crippen molar-refractivity contribution in [3.05, 3.63) is 35.4 Å². The molecule has 0 aromatic heterocycles. The number of amides is 2. The molecule has 0 aliphatic carbocycles. The minimum Gasteiger partial charge on any atom is -0.391 e. The monoisotopic (exact) mass is 387 g/mol. The normalized spacial score (nSPS) is 22.8. The van der Waals surface area contributed by atoms with Gasteiger partial charge in [-0.25, -0.2) is 0 Å². The van der Waals surface area contributed by atoms with Crippen LogP contribution < -0.4 is 5.32 Å². The zero-order chi connectivity index (χ0) is 20.1. The van der Waals surface area contributed by atoms with E-state index in [9.17, 15) is 14.7 Å². The Bertz CT molecular complexity index is 666. The minimum atomic E-state index is -0.594. The summed E-state index contributed by atoms with van der Waals surface area (Å²) in [5.41, 5.74) is 2.79. The summed E-state index contributed by atoms with van der Waals surface area (Å²) >= 11 is 0. The van der Waals surface area contributed by atoms with Gasteiger partial charge < -0.3 is 15.3 Å². The first-order valence-electron chi connectivity index (χ1n) is 10.5. The molecular weight excluding hydrogens is 354 g/mol. The molecule has 6 nitrogen and oxygen atoms in total. The lowest BCUT2D eigenvalue weighted by molar-refractivity contribution is -0.131. The van der Waals surface area contributed by atoms with Crippen LogP contribution in [-0.4, -0.2) is 58.5 Å². The Labute approximate surface area is 167 Å². The second kappa shape index (κ2) is 9.52. The maximum Gasteiger partial charge on any atom is 0.222 e. The van der Waals surface area contributed by atoms with Gasteiger partial charge in [-0.3, -0.25) is 14.5 Å². The highest BCUT2D eigenvalue weighted by molar-refractivity contribution is 5.78. The Morgan fingerprint density at radius 2 is 1.79 bits per heavy atom. The fraction of sp³-hybridized carbons (Fsp3) is 0.636. The van der Waals surface area contributed by atoms with E-state index in [4.69, 9.17) is 0 Å². The molecule has 2 amide bonds. The summed E-state index contributed by atoms with van der Waals surface area (Å²) in [5.74, 6) is 0.0000897. The Morgan fingerprint density at radius 3 is 2.43 bits per heavy atom. The van der Waals surface area contributed by atoms with Crippen molar-refractivity contribution in [1.82, 2.24) is 15.1 Å². The van der Waals surface area contributed by atoms with Crippen molar-refractivity contribution in [3.8, 4) is 0 Å². The number of hydrogen-bond acceptors (Lipinski definition) is 4. The van der Waals surface area contributed by atoms with Crippen molar-refractivity contribution in [2.45, 2.75) is 64.8 Å². The minimum absolute atomic E-state index is 0.0459. The Hall–Kier alpha value is -1.92. The highest BCUT2D eigenvalue weighted by atomic mass is 16.3. The zero-order valence-electron chi connectivity index (χ0n) is 17.1. The maximum absolute atomic E-state index is 12.6. The average Bonchev–Trinajstić information content (AvgIpc) is 3.00. The van der Waals surface area contributed by atoms with Gasteiger partial charge in [-0.15, -0.1) is 0 Å². The van der Waals surface area contributed by atoms with Gasteiger partial charge in [-0.1, -0.05) is 38.1 Å². The Morgan fingerprint density at radius 1 is 1.14 bits per heavy atom. The molecule has 154 valence electrons. The van der Waals surface area contributed by atoms with Gasteiger partial charge in [0, 0.05) is 38.5 Å². The molecule has 0 radical (unpaired) electrons. The van der Waals surface area contributed by atoms with E-state index < -0.39 is 6.10 Å². The highest BCUT2D eigenvalue weighted by Gasteiger charge is 2.28. The molecule has 1 fully saturated rings. The molecule has 2 atom stereocenters. The maximum atomic E-state index is 12.6. The molecule has 2 N–H and O–H groups in total. The van der Waals surface area contributed by atoms with Crippen LogP contribution in [0, 0.1) is 5.92 Å². The van der Waals surface area contributed by atoms with E-state index in [1.54, 1.807) is 0 Å². The first kappa shape index (κ1) is 20.8. The van der Waals surface area contributed by atoms with E-state index in [1.807, 2.05) is 18.7 Å². The molecule has 2 aliphatic rings. The lowest BCUT2D eigenvalue weighted by Gasteiger charge is -2.22. The lowest BCUT2D eigenvalue weighted by Crippen LogP contribution is -2.44. The summed E-state index contributed by atoms with van der Waals surface area (Å²) < 4.78 is 0. The van der Waals surface area contributed by atoms with Crippen LogP contribution in [0.3, 0.4) is 0 Å². The predicted octanol–water partition coefficient (Wildman–Crippen LogP) is 1.91. The van der Waals surface area contributed by atoms with Crippen LogP contribution in [0.1, 0.15) is 50.7 Å². The standard InChI is InChI=1S/C22H33N3O3/c1-16(2)22(28)23-19-9-12-25(13-10-20(19)26)21(27)8-5-11-24-14-17-6-3-4-7-18(17)15-24/h3-4,6-7,16,19-20,26H,5,8-15H2,1-2H3,(H,23,28)/t19-,20-/m0/s1. The van der Waals surface area contributed by atoms with Gasteiger partial charge in [0.25, 0.3) is 0 Å². The van der Waals surface area contributed by atoms with Crippen LogP contribution in [0.4, 0.5) is 0 Å². The number of nitrogens with one attached hydrogen (secondary N) is 1. The number of nitrogens with zero attached hydrogens (tertiary/aromatic N) is 2. The van der Waals surface area contributed by atoms with Crippen LogP contribution in [0.25, 0.3) is 0 Å². The smallest absolute Gasteiger partial charge is 0.222 e. The van der Waals surface area contributed by atoms with Gasteiger partial charge in [-0.05, 0) is 36.9 Å². The molecular formula is C22H33N3O3. The third kappa shape index (κ3) is 5.32. The summed E-state index contributed by atoms with van der Waals surface area (Å²) in [6.07, 6.45) is 1.90.